The number of carboxylic acid groups (broad SMARTS) is 1. The number of aliphatic carboxylic acids is 1. The lowest BCUT2D eigenvalue weighted by Gasteiger charge is -2.24. The third-order valence-electron chi connectivity index (χ3n) is 4.03. The van der Waals surface area contributed by atoms with Crippen LogP contribution in [0, 0.1) is 5.92 Å². The summed E-state index contributed by atoms with van der Waals surface area (Å²) in [5, 5.41) is 14.4. The fraction of sp³-hybridized carbons (Fsp3) is 0.438. The summed E-state index contributed by atoms with van der Waals surface area (Å²) in [6.45, 7) is 0. The minimum Gasteiger partial charge on any atom is -0.480 e. The van der Waals surface area contributed by atoms with E-state index >= 15 is 0 Å². The first-order valence-corrected chi connectivity index (χ1v) is 8.97. The van der Waals surface area contributed by atoms with Gasteiger partial charge in [0.2, 0.25) is 11.8 Å². The molecule has 3 rings (SSSR count). The van der Waals surface area contributed by atoms with Gasteiger partial charge < -0.3 is 15.7 Å². The van der Waals surface area contributed by atoms with Gasteiger partial charge >= 0.3 is 5.97 Å². The van der Waals surface area contributed by atoms with Crippen LogP contribution in [-0.4, -0.2) is 34.2 Å². The van der Waals surface area contributed by atoms with Crippen molar-refractivity contribution in [1.29, 1.82) is 0 Å². The Balaban J connectivity index is 1.60. The number of hydrogen-bond acceptors (Lipinski definition) is 4. The maximum atomic E-state index is 12.2. The quantitative estimate of drug-likeness (QED) is 0.717. The van der Waals surface area contributed by atoms with Crippen molar-refractivity contribution >= 4 is 46.8 Å². The minimum absolute atomic E-state index is 0.0625. The number of anilines is 1. The molecule has 1 fully saturated rings. The molecule has 0 saturated heterocycles. The topological polar surface area (TPSA) is 95.5 Å². The number of carboxylic acids is 1. The first-order valence-electron chi connectivity index (χ1n) is 7.71. The van der Waals surface area contributed by atoms with Crippen LogP contribution in [0.25, 0.3) is 0 Å². The minimum atomic E-state index is -1.03. The van der Waals surface area contributed by atoms with E-state index in [2.05, 4.69) is 10.6 Å². The highest BCUT2D eigenvalue weighted by Crippen LogP contribution is 2.38. The second-order valence-corrected chi connectivity index (χ2v) is 7.76. The predicted molar refractivity (Wildman–Crippen MR) is 91.3 cm³/mol. The van der Waals surface area contributed by atoms with Gasteiger partial charge in [0.05, 0.1) is 10.9 Å². The van der Waals surface area contributed by atoms with E-state index in [-0.39, 0.29) is 12.3 Å². The molecule has 8 heteroatoms. The molecule has 1 saturated carbocycles. The van der Waals surface area contributed by atoms with Gasteiger partial charge in [-0.1, -0.05) is 24.4 Å². The molecule has 0 spiro atoms. The molecule has 1 aliphatic carbocycles. The fourth-order valence-electron chi connectivity index (χ4n) is 2.59. The first kappa shape index (κ1) is 17.1. The number of hydrogen-bond donors (Lipinski definition) is 3. The van der Waals surface area contributed by atoms with Gasteiger partial charge in [-0.05, 0) is 30.5 Å². The SMILES string of the molecule is O=C(CC1Sc2ccc(Cl)cc2NC1=O)NC(CC1CC1)C(=O)O. The van der Waals surface area contributed by atoms with Gasteiger partial charge in [-0.25, -0.2) is 4.79 Å². The van der Waals surface area contributed by atoms with E-state index in [1.54, 1.807) is 18.2 Å². The molecular formula is C16H17ClN2O4S. The van der Waals surface area contributed by atoms with Gasteiger partial charge in [-0.2, -0.15) is 0 Å². The number of carbonyl (C=O) groups excluding carboxylic acids is 2. The van der Waals surface area contributed by atoms with Crippen LogP contribution < -0.4 is 10.6 Å². The summed E-state index contributed by atoms with van der Waals surface area (Å²) in [5.41, 5.74) is 0.631. The highest BCUT2D eigenvalue weighted by Gasteiger charge is 2.33. The summed E-state index contributed by atoms with van der Waals surface area (Å²) in [5.74, 6) is -1.35. The average molecular weight is 369 g/mol. The normalized spacial score (nSPS) is 20.7. The second kappa shape index (κ2) is 7.03. The molecule has 6 nitrogen and oxygen atoms in total. The Morgan fingerprint density at radius 1 is 1.42 bits per heavy atom. The maximum absolute atomic E-state index is 12.2. The van der Waals surface area contributed by atoms with Crippen LogP contribution in [0.4, 0.5) is 5.69 Å². The Morgan fingerprint density at radius 2 is 2.17 bits per heavy atom. The Hall–Kier alpha value is -1.73. The fourth-order valence-corrected chi connectivity index (χ4v) is 3.85. The van der Waals surface area contributed by atoms with Gasteiger partial charge in [0, 0.05) is 16.3 Å². The number of thioether (sulfide) groups is 1. The van der Waals surface area contributed by atoms with Gasteiger partial charge in [0.25, 0.3) is 0 Å². The van der Waals surface area contributed by atoms with E-state index in [0.29, 0.717) is 23.0 Å². The third-order valence-corrected chi connectivity index (χ3v) is 5.54. The molecule has 0 aromatic heterocycles. The highest BCUT2D eigenvalue weighted by atomic mass is 35.5. The Kier molecular flexibility index (Phi) is 5.01. The van der Waals surface area contributed by atoms with Gasteiger partial charge in [-0.3, -0.25) is 9.59 Å². The molecule has 1 heterocycles. The largest absolute Gasteiger partial charge is 0.480 e. The summed E-state index contributed by atoms with van der Waals surface area (Å²) in [7, 11) is 0. The highest BCUT2D eigenvalue weighted by molar-refractivity contribution is 8.01. The number of benzene rings is 1. The lowest BCUT2D eigenvalue weighted by atomic mass is 10.1. The van der Waals surface area contributed by atoms with Crippen LogP contribution in [0.3, 0.4) is 0 Å². The maximum Gasteiger partial charge on any atom is 0.326 e. The van der Waals surface area contributed by atoms with E-state index < -0.39 is 23.2 Å². The molecule has 0 radical (unpaired) electrons. The van der Waals surface area contributed by atoms with Crippen molar-refractivity contribution in [2.24, 2.45) is 5.92 Å². The molecule has 1 aromatic carbocycles. The van der Waals surface area contributed by atoms with Crippen molar-refractivity contribution in [3.63, 3.8) is 0 Å². The van der Waals surface area contributed by atoms with Crippen molar-refractivity contribution in [2.75, 3.05) is 5.32 Å². The number of rotatable bonds is 6. The van der Waals surface area contributed by atoms with Crippen LogP contribution in [0.1, 0.15) is 25.7 Å². The van der Waals surface area contributed by atoms with Crippen LogP contribution in [0.15, 0.2) is 23.1 Å². The first-order chi connectivity index (χ1) is 11.4. The zero-order valence-corrected chi connectivity index (χ0v) is 14.3. The van der Waals surface area contributed by atoms with E-state index in [9.17, 15) is 19.5 Å². The van der Waals surface area contributed by atoms with Crippen molar-refractivity contribution in [1.82, 2.24) is 5.32 Å². The van der Waals surface area contributed by atoms with Gasteiger partial charge in [0.15, 0.2) is 0 Å². The standard InChI is InChI=1S/C16H17ClN2O4S/c17-9-3-4-12-10(6-9)19-15(21)13(24-12)7-14(20)18-11(16(22)23)5-8-1-2-8/h3-4,6,8,11,13H,1-2,5,7H2,(H,18,20)(H,19,21)(H,22,23). The zero-order chi connectivity index (χ0) is 17.3. The number of carbonyl (C=O) groups is 3. The molecule has 128 valence electrons. The summed E-state index contributed by atoms with van der Waals surface area (Å²) < 4.78 is 0. The third kappa shape index (κ3) is 4.21. The van der Waals surface area contributed by atoms with Crippen molar-refractivity contribution < 1.29 is 19.5 Å². The molecule has 24 heavy (non-hydrogen) atoms. The molecule has 3 N–H and O–H groups in total. The van der Waals surface area contributed by atoms with Crippen molar-refractivity contribution in [3.05, 3.63) is 23.2 Å². The van der Waals surface area contributed by atoms with Crippen LogP contribution >= 0.6 is 23.4 Å². The molecule has 2 atom stereocenters. The lowest BCUT2D eigenvalue weighted by molar-refractivity contribution is -0.142. The van der Waals surface area contributed by atoms with Crippen molar-refractivity contribution in [3.8, 4) is 0 Å². The number of fused-ring (bicyclic) bond motifs is 1. The van der Waals surface area contributed by atoms with Gasteiger partial charge in [-0.15, -0.1) is 11.8 Å². The van der Waals surface area contributed by atoms with Gasteiger partial charge in [0.1, 0.15) is 6.04 Å². The summed E-state index contributed by atoms with van der Waals surface area (Å²) >= 11 is 7.18. The molecule has 0 bridgehead atoms. The lowest BCUT2D eigenvalue weighted by Crippen LogP contribution is -2.43. The molecule has 1 aromatic rings. The van der Waals surface area contributed by atoms with Crippen molar-refractivity contribution in [2.45, 2.75) is 41.9 Å². The molecule has 1 aliphatic heterocycles. The summed E-state index contributed by atoms with van der Waals surface area (Å²) in [6, 6.07) is 4.29. The second-order valence-electron chi connectivity index (χ2n) is 6.08. The van der Waals surface area contributed by atoms with E-state index in [4.69, 9.17) is 11.6 Å². The zero-order valence-electron chi connectivity index (χ0n) is 12.8. The Morgan fingerprint density at radius 3 is 2.83 bits per heavy atom. The van der Waals surface area contributed by atoms with Crippen LogP contribution in [-0.2, 0) is 14.4 Å². The number of halogens is 1. The molecule has 2 unspecified atom stereocenters. The predicted octanol–water partition coefficient (Wildman–Crippen LogP) is 2.51. The summed E-state index contributed by atoms with van der Waals surface area (Å²) in [4.78, 5) is 36.4. The van der Waals surface area contributed by atoms with E-state index in [0.717, 1.165) is 17.7 Å². The van der Waals surface area contributed by atoms with E-state index in [1.165, 1.54) is 11.8 Å². The van der Waals surface area contributed by atoms with Crippen LogP contribution in [0.5, 0.6) is 0 Å². The number of nitrogens with one attached hydrogen (secondary N) is 2. The smallest absolute Gasteiger partial charge is 0.326 e. The average Bonchev–Trinajstić information content (AvgIpc) is 3.31. The van der Waals surface area contributed by atoms with Crippen LogP contribution in [0.2, 0.25) is 5.02 Å². The Labute approximate surface area is 148 Å². The molecule has 2 amide bonds. The monoisotopic (exact) mass is 368 g/mol. The number of amides is 2. The summed E-state index contributed by atoms with van der Waals surface area (Å²) in [6.07, 6.45) is 2.42. The molecule has 2 aliphatic rings. The Bertz CT molecular complexity index is 693. The molecular weight excluding hydrogens is 352 g/mol. The van der Waals surface area contributed by atoms with E-state index in [1.807, 2.05) is 0 Å².